The molecule has 140 valence electrons. The number of amidine groups is 1. The van der Waals surface area contributed by atoms with Crippen LogP contribution in [-0.4, -0.2) is 48.9 Å². The van der Waals surface area contributed by atoms with Crippen molar-refractivity contribution in [2.45, 2.75) is 77.4 Å². The number of nitrogens with one attached hydrogen (secondary N) is 2. The van der Waals surface area contributed by atoms with Crippen molar-refractivity contribution < 1.29 is 5.11 Å². The summed E-state index contributed by atoms with van der Waals surface area (Å²) >= 11 is 0. The quantitative estimate of drug-likeness (QED) is 0.426. The number of aliphatic hydroxyl groups excluding tert-OH is 1. The van der Waals surface area contributed by atoms with E-state index < -0.39 is 0 Å². The molecule has 0 aromatic heterocycles. The summed E-state index contributed by atoms with van der Waals surface area (Å²) in [6.45, 7) is 3.87. The van der Waals surface area contributed by atoms with Crippen LogP contribution in [0.15, 0.2) is 17.3 Å². The first kappa shape index (κ1) is 21.0. The lowest BCUT2D eigenvalue weighted by atomic mass is 10.1. The second-order valence-electron chi connectivity index (χ2n) is 6.65. The molecule has 1 unspecified atom stereocenters. The first-order chi connectivity index (χ1) is 11.8. The second-order valence-corrected chi connectivity index (χ2v) is 6.65. The molecular weight excluding hydrogens is 300 g/mol. The van der Waals surface area contributed by atoms with Gasteiger partial charge in [0.15, 0.2) is 6.29 Å². The number of hydrogen-bond donors (Lipinski definition) is 3. The van der Waals surface area contributed by atoms with E-state index in [2.05, 4.69) is 22.5 Å². The van der Waals surface area contributed by atoms with Crippen LogP contribution in [0.2, 0.25) is 0 Å². The lowest BCUT2D eigenvalue weighted by Gasteiger charge is -2.32. The summed E-state index contributed by atoms with van der Waals surface area (Å²) in [7, 11) is 2.00. The third-order valence-corrected chi connectivity index (χ3v) is 4.40. The van der Waals surface area contributed by atoms with E-state index in [0.29, 0.717) is 6.54 Å². The lowest BCUT2D eigenvalue weighted by molar-refractivity contribution is 0.219. The molecule has 0 spiro atoms. The Bertz CT molecular complexity index is 357. The fourth-order valence-corrected chi connectivity index (χ4v) is 2.86. The second kappa shape index (κ2) is 14.3. The van der Waals surface area contributed by atoms with Gasteiger partial charge in [0.2, 0.25) is 0 Å². The van der Waals surface area contributed by atoms with Gasteiger partial charge in [0, 0.05) is 26.3 Å². The van der Waals surface area contributed by atoms with E-state index in [1.54, 1.807) is 0 Å². The van der Waals surface area contributed by atoms with Gasteiger partial charge in [-0.05, 0) is 12.5 Å². The SMILES string of the molecule is CCCCCCCCCCCCN=C1C=CN(C)C(NCCO)N1. The van der Waals surface area contributed by atoms with E-state index in [1.807, 2.05) is 24.2 Å². The molecule has 0 amide bonds. The monoisotopic (exact) mass is 338 g/mol. The molecule has 0 saturated carbocycles. The minimum Gasteiger partial charge on any atom is -0.395 e. The normalized spacial score (nSPS) is 19.0. The molecule has 1 rings (SSSR count). The van der Waals surface area contributed by atoms with Crippen molar-refractivity contribution in [2.24, 2.45) is 4.99 Å². The number of aliphatic hydroxyl groups is 1. The van der Waals surface area contributed by atoms with Crippen LogP contribution in [0.1, 0.15) is 71.1 Å². The summed E-state index contributed by atoms with van der Waals surface area (Å²) in [5.74, 6) is 0.930. The van der Waals surface area contributed by atoms with Gasteiger partial charge in [-0.1, -0.05) is 64.7 Å². The van der Waals surface area contributed by atoms with E-state index in [-0.39, 0.29) is 12.9 Å². The molecule has 1 aliphatic rings. The van der Waals surface area contributed by atoms with Gasteiger partial charge in [0.1, 0.15) is 5.84 Å². The Morgan fingerprint density at radius 3 is 2.33 bits per heavy atom. The smallest absolute Gasteiger partial charge is 0.155 e. The molecule has 0 saturated heterocycles. The summed E-state index contributed by atoms with van der Waals surface area (Å²) in [5, 5.41) is 15.5. The molecule has 1 atom stereocenters. The van der Waals surface area contributed by atoms with Gasteiger partial charge in [-0.15, -0.1) is 0 Å². The Balaban J connectivity index is 2.03. The predicted molar refractivity (Wildman–Crippen MR) is 103 cm³/mol. The van der Waals surface area contributed by atoms with Crippen molar-refractivity contribution in [1.29, 1.82) is 0 Å². The molecule has 0 fully saturated rings. The van der Waals surface area contributed by atoms with Gasteiger partial charge in [0.05, 0.1) is 6.61 Å². The third kappa shape index (κ3) is 9.93. The van der Waals surface area contributed by atoms with Gasteiger partial charge in [-0.3, -0.25) is 10.3 Å². The van der Waals surface area contributed by atoms with Gasteiger partial charge in [-0.2, -0.15) is 0 Å². The number of unbranched alkanes of at least 4 members (excludes halogenated alkanes) is 9. The maximum Gasteiger partial charge on any atom is 0.155 e. The van der Waals surface area contributed by atoms with Crippen LogP contribution in [0, 0.1) is 0 Å². The Kier molecular flexibility index (Phi) is 12.5. The Hall–Kier alpha value is -1.07. The lowest BCUT2D eigenvalue weighted by Crippen LogP contribution is -2.56. The van der Waals surface area contributed by atoms with Crippen LogP contribution < -0.4 is 10.6 Å². The minimum absolute atomic E-state index is 0.00797. The first-order valence-electron chi connectivity index (χ1n) is 9.83. The highest BCUT2D eigenvalue weighted by Gasteiger charge is 2.15. The molecular formula is C19H38N4O. The number of aliphatic imine (C=N–C) groups is 1. The number of hydrogen-bond acceptors (Lipinski definition) is 4. The molecule has 1 aliphatic heterocycles. The zero-order valence-electron chi connectivity index (χ0n) is 15.8. The summed E-state index contributed by atoms with van der Waals surface area (Å²) in [6, 6.07) is 0. The molecule has 0 bridgehead atoms. The van der Waals surface area contributed by atoms with Crippen LogP contribution in [-0.2, 0) is 0 Å². The molecule has 5 heteroatoms. The molecule has 0 radical (unpaired) electrons. The van der Waals surface area contributed by atoms with E-state index in [9.17, 15) is 0 Å². The molecule has 0 aromatic carbocycles. The highest BCUT2D eigenvalue weighted by molar-refractivity contribution is 5.93. The summed E-state index contributed by atoms with van der Waals surface area (Å²) in [6.07, 6.45) is 17.6. The molecule has 0 aliphatic carbocycles. The summed E-state index contributed by atoms with van der Waals surface area (Å²) < 4.78 is 0. The van der Waals surface area contributed by atoms with Crippen molar-refractivity contribution in [3.05, 3.63) is 12.3 Å². The highest BCUT2D eigenvalue weighted by atomic mass is 16.3. The van der Waals surface area contributed by atoms with E-state index in [4.69, 9.17) is 5.11 Å². The fourth-order valence-electron chi connectivity index (χ4n) is 2.86. The molecule has 5 nitrogen and oxygen atoms in total. The van der Waals surface area contributed by atoms with Crippen molar-refractivity contribution in [2.75, 3.05) is 26.7 Å². The highest BCUT2D eigenvalue weighted by Crippen LogP contribution is 2.10. The Morgan fingerprint density at radius 2 is 1.71 bits per heavy atom. The van der Waals surface area contributed by atoms with E-state index >= 15 is 0 Å². The number of nitrogens with zero attached hydrogens (tertiary/aromatic N) is 2. The minimum atomic E-state index is 0.00797. The Morgan fingerprint density at radius 1 is 1.08 bits per heavy atom. The Labute approximate surface area is 148 Å². The van der Waals surface area contributed by atoms with Gasteiger partial charge in [0.25, 0.3) is 0 Å². The topological polar surface area (TPSA) is 59.9 Å². The van der Waals surface area contributed by atoms with E-state index in [1.165, 1.54) is 64.2 Å². The first-order valence-corrected chi connectivity index (χ1v) is 9.83. The molecule has 24 heavy (non-hydrogen) atoms. The van der Waals surface area contributed by atoms with E-state index in [0.717, 1.165) is 12.4 Å². The third-order valence-electron chi connectivity index (χ3n) is 4.40. The standard InChI is InChI=1S/C19H38N4O/c1-3-4-5-6-7-8-9-10-11-12-14-20-18-13-16-23(2)19(22-18)21-15-17-24/h13,16,19,21,24H,3-12,14-15,17H2,1-2H3,(H,20,22). The van der Waals surface area contributed by atoms with Gasteiger partial charge in [-0.25, -0.2) is 0 Å². The zero-order chi connectivity index (χ0) is 17.5. The molecule has 1 heterocycles. The zero-order valence-corrected chi connectivity index (χ0v) is 15.8. The van der Waals surface area contributed by atoms with Crippen molar-refractivity contribution in [3.8, 4) is 0 Å². The van der Waals surface area contributed by atoms with Gasteiger partial charge < -0.3 is 15.3 Å². The largest absolute Gasteiger partial charge is 0.395 e. The molecule has 3 N–H and O–H groups in total. The maximum absolute atomic E-state index is 8.91. The van der Waals surface area contributed by atoms with Crippen LogP contribution in [0.5, 0.6) is 0 Å². The van der Waals surface area contributed by atoms with Crippen molar-refractivity contribution >= 4 is 5.84 Å². The average molecular weight is 339 g/mol. The van der Waals surface area contributed by atoms with Crippen LogP contribution >= 0.6 is 0 Å². The van der Waals surface area contributed by atoms with Crippen molar-refractivity contribution in [3.63, 3.8) is 0 Å². The van der Waals surface area contributed by atoms with Crippen LogP contribution in [0.3, 0.4) is 0 Å². The van der Waals surface area contributed by atoms with Crippen molar-refractivity contribution in [1.82, 2.24) is 15.5 Å². The van der Waals surface area contributed by atoms with Gasteiger partial charge >= 0.3 is 0 Å². The predicted octanol–water partition coefficient (Wildman–Crippen LogP) is 3.22. The number of rotatable bonds is 14. The summed E-state index contributed by atoms with van der Waals surface area (Å²) in [5.41, 5.74) is 0. The summed E-state index contributed by atoms with van der Waals surface area (Å²) in [4.78, 5) is 6.67. The fraction of sp³-hybridized carbons (Fsp3) is 0.842. The molecule has 0 aromatic rings. The maximum atomic E-state index is 8.91. The van der Waals surface area contributed by atoms with Crippen LogP contribution in [0.4, 0.5) is 0 Å². The average Bonchev–Trinajstić information content (AvgIpc) is 2.59. The van der Waals surface area contributed by atoms with Crippen LogP contribution in [0.25, 0.3) is 0 Å².